The first-order valence-electron chi connectivity index (χ1n) is 7.24. The van der Waals surface area contributed by atoms with E-state index in [1.165, 1.54) is 31.2 Å². The number of benzene rings is 1. The van der Waals surface area contributed by atoms with Crippen molar-refractivity contribution >= 4 is 0 Å². The van der Waals surface area contributed by atoms with Crippen LogP contribution in [0.3, 0.4) is 0 Å². The first-order chi connectivity index (χ1) is 9.33. The van der Waals surface area contributed by atoms with E-state index in [2.05, 4.69) is 12.1 Å². The summed E-state index contributed by atoms with van der Waals surface area (Å²) in [4.78, 5) is 0. The van der Waals surface area contributed by atoms with Gasteiger partial charge in [0, 0.05) is 0 Å². The van der Waals surface area contributed by atoms with Crippen molar-refractivity contribution in [2.24, 2.45) is 17.6 Å². The van der Waals surface area contributed by atoms with Crippen LogP contribution in [0.15, 0.2) is 24.3 Å². The van der Waals surface area contributed by atoms with Gasteiger partial charge in [0.15, 0.2) is 0 Å². The normalized spacial score (nSPS) is 23.3. The minimum Gasteiger partial charge on any atom is -0.497 e. The molecule has 0 aromatic heterocycles. The van der Waals surface area contributed by atoms with Gasteiger partial charge in [-0.25, -0.2) is 0 Å². The van der Waals surface area contributed by atoms with Crippen LogP contribution in [0.2, 0.25) is 0 Å². The molecule has 0 heterocycles. The maximum atomic E-state index is 5.87. The lowest BCUT2D eigenvalue weighted by atomic mass is 9.80. The zero-order valence-corrected chi connectivity index (χ0v) is 11.8. The van der Waals surface area contributed by atoms with Crippen molar-refractivity contribution in [1.29, 1.82) is 0 Å². The fourth-order valence-electron chi connectivity index (χ4n) is 2.86. The van der Waals surface area contributed by atoms with Gasteiger partial charge in [-0.3, -0.25) is 0 Å². The standard InChI is InChI=1S/C16H25NO2/c1-18-16-8-6-13(7-9-16)11-19-12-15-5-3-2-4-14(15)10-17/h6-9,14-15H,2-5,10-12,17H2,1H3. The highest BCUT2D eigenvalue weighted by molar-refractivity contribution is 5.26. The van der Waals surface area contributed by atoms with Gasteiger partial charge >= 0.3 is 0 Å². The lowest BCUT2D eigenvalue weighted by Crippen LogP contribution is -2.29. The molecule has 106 valence electrons. The highest BCUT2D eigenvalue weighted by Crippen LogP contribution is 2.29. The summed E-state index contributed by atoms with van der Waals surface area (Å²) in [7, 11) is 1.68. The molecule has 1 aliphatic carbocycles. The number of methoxy groups -OCH3 is 1. The first kappa shape index (κ1) is 14.4. The van der Waals surface area contributed by atoms with Gasteiger partial charge in [0.05, 0.1) is 20.3 Å². The topological polar surface area (TPSA) is 44.5 Å². The van der Waals surface area contributed by atoms with E-state index >= 15 is 0 Å². The summed E-state index contributed by atoms with van der Waals surface area (Å²) in [6.07, 6.45) is 5.20. The Bertz CT molecular complexity index is 364. The zero-order valence-electron chi connectivity index (χ0n) is 11.8. The van der Waals surface area contributed by atoms with Crippen LogP contribution in [0.25, 0.3) is 0 Å². The van der Waals surface area contributed by atoms with Crippen LogP contribution in [0, 0.1) is 11.8 Å². The van der Waals surface area contributed by atoms with Crippen molar-refractivity contribution in [2.45, 2.75) is 32.3 Å². The highest BCUT2D eigenvalue weighted by atomic mass is 16.5. The predicted molar refractivity (Wildman–Crippen MR) is 77.2 cm³/mol. The van der Waals surface area contributed by atoms with Gasteiger partial charge in [-0.05, 0) is 48.9 Å². The van der Waals surface area contributed by atoms with E-state index in [0.717, 1.165) is 18.9 Å². The van der Waals surface area contributed by atoms with Crippen molar-refractivity contribution in [1.82, 2.24) is 0 Å². The Morgan fingerprint density at radius 3 is 2.42 bits per heavy atom. The molecule has 1 fully saturated rings. The minimum absolute atomic E-state index is 0.650. The number of rotatable bonds is 6. The number of hydrogen-bond acceptors (Lipinski definition) is 3. The molecule has 0 bridgehead atoms. The van der Waals surface area contributed by atoms with E-state index in [1.54, 1.807) is 7.11 Å². The predicted octanol–water partition coefficient (Wildman–Crippen LogP) is 2.98. The molecule has 3 heteroatoms. The van der Waals surface area contributed by atoms with E-state index in [9.17, 15) is 0 Å². The van der Waals surface area contributed by atoms with Crippen LogP contribution >= 0.6 is 0 Å². The molecule has 0 amide bonds. The van der Waals surface area contributed by atoms with Crippen LogP contribution in [0.4, 0.5) is 0 Å². The van der Waals surface area contributed by atoms with Crippen molar-refractivity contribution in [3.63, 3.8) is 0 Å². The van der Waals surface area contributed by atoms with Gasteiger partial charge in [-0.1, -0.05) is 25.0 Å². The summed E-state index contributed by atoms with van der Waals surface area (Å²) in [6.45, 7) is 2.32. The molecule has 1 aromatic rings. The second kappa shape index (κ2) is 7.51. The Morgan fingerprint density at radius 2 is 1.79 bits per heavy atom. The van der Waals surface area contributed by atoms with Crippen molar-refractivity contribution in [2.75, 3.05) is 20.3 Å². The van der Waals surface area contributed by atoms with Crippen LogP contribution in [-0.4, -0.2) is 20.3 Å². The van der Waals surface area contributed by atoms with Crippen molar-refractivity contribution in [3.8, 4) is 5.75 Å². The van der Waals surface area contributed by atoms with Gasteiger partial charge in [0.25, 0.3) is 0 Å². The van der Waals surface area contributed by atoms with E-state index in [-0.39, 0.29) is 0 Å². The van der Waals surface area contributed by atoms with Crippen molar-refractivity contribution in [3.05, 3.63) is 29.8 Å². The highest BCUT2D eigenvalue weighted by Gasteiger charge is 2.23. The summed E-state index contributed by atoms with van der Waals surface area (Å²) < 4.78 is 11.0. The molecule has 0 spiro atoms. The molecule has 1 saturated carbocycles. The van der Waals surface area contributed by atoms with Gasteiger partial charge < -0.3 is 15.2 Å². The van der Waals surface area contributed by atoms with E-state index in [1.807, 2.05) is 12.1 Å². The molecular weight excluding hydrogens is 238 g/mol. The Balaban J connectivity index is 1.75. The fourth-order valence-corrected chi connectivity index (χ4v) is 2.86. The molecule has 1 aromatic carbocycles. The van der Waals surface area contributed by atoms with Gasteiger partial charge in [0.2, 0.25) is 0 Å². The van der Waals surface area contributed by atoms with Crippen molar-refractivity contribution < 1.29 is 9.47 Å². The Morgan fingerprint density at radius 1 is 1.11 bits per heavy atom. The zero-order chi connectivity index (χ0) is 13.5. The summed E-state index contributed by atoms with van der Waals surface area (Å²) >= 11 is 0. The average molecular weight is 263 g/mol. The van der Waals surface area contributed by atoms with Crippen LogP contribution < -0.4 is 10.5 Å². The quantitative estimate of drug-likeness (QED) is 0.858. The Labute approximate surface area is 116 Å². The third-order valence-corrected chi connectivity index (χ3v) is 4.13. The maximum Gasteiger partial charge on any atom is 0.118 e. The molecule has 0 aliphatic heterocycles. The van der Waals surface area contributed by atoms with Crippen LogP contribution in [0.1, 0.15) is 31.2 Å². The van der Waals surface area contributed by atoms with Crippen LogP contribution in [0.5, 0.6) is 5.75 Å². The average Bonchev–Trinajstić information content (AvgIpc) is 2.48. The molecule has 19 heavy (non-hydrogen) atoms. The summed E-state index contributed by atoms with van der Waals surface area (Å²) in [5.41, 5.74) is 7.03. The number of hydrogen-bond donors (Lipinski definition) is 1. The molecule has 2 N–H and O–H groups in total. The molecule has 3 nitrogen and oxygen atoms in total. The van der Waals surface area contributed by atoms with Crippen LogP contribution in [-0.2, 0) is 11.3 Å². The monoisotopic (exact) mass is 263 g/mol. The molecule has 0 saturated heterocycles. The van der Waals surface area contributed by atoms with Gasteiger partial charge in [0.1, 0.15) is 5.75 Å². The summed E-state index contributed by atoms with van der Waals surface area (Å²) in [5, 5.41) is 0. The van der Waals surface area contributed by atoms with Gasteiger partial charge in [-0.2, -0.15) is 0 Å². The second-order valence-corrected chi connectivity index (χ2v) is 5.40. The number of nitrogens with two attached hydrogens (primary N) is 1. The third kappa shape index (κ3) is 4.22. The second-order valence-electron chi connectivity index (χ2n) is 5.40. The molecule has 1 aliphatic rings. The largest absolute Gasteiger partial charge is 0.497 e. The minimum atomic E-state index is 0.650. The lowest BCUT2D eigenvalue weighted by molar-refractivity contribution is 0.0512. The maximum absolute atomic E-state index is 5.87. The van der Waals surface area contributed by atoms with E-state index in [4.69, 9.17) is 15.2 Å². The summed E-state index contributed by atoms with van der Waals surface area (Å²) in [5.74, 6) is 2.20. The Hall–Kier alpha value is -1.06. The molecular formula is C16H25NO2. The fraction of sp³-hybridized carbons (Fsp3) is 0.625. The van der Waals surface area contributed by atoms with E-state index < -0.39 is 0 Å². The summed E-state index contributed by atoms with van der Waals surface area (Å²) in [6, 6.07) is 8.06. The third-order valence-electron chi connectivity index (χ3n) is 4.13. The molecule has 2 atom stereocenters. The molecule has 0 radical (unpaired) electrons. The van der Waals surface area contributed by atoms with E-state index in [0.29, 0.717) is 18.4 Å². The van der Waals surface area contributed by atoms with Gasteiger partial charge in [-0.15, -0.1) is 0 Å². The lowest BCUT2D eigenvalue weighted by Gasteiger charge is -2.30. The molecule has 2 unspecified atom stereocenters. The Kier molecular flexibility index (Phi) is 5.67. The first-order valence-corrected chi connectivity index (χ1v) is 7.24. The smallest absolute Gasteiger partial charge is 0.118 e. The molecule has 2 rings (SSSR count). The SMILES string of the molecule is COc1ccc(COCC2CCCCC2CN)cc1. The number of ether oxygens (including phenoxy) is 2.